The van der Waals surface area contributed by atoms with E-state index in [1.165, 1.54) is 12.5 Å². The van der Waals surface area contributed by atoms with Gasteiger partial charge in [-0.3, -0.25) is 0 Å². The Morgan fingerprint density at radius 2 is 1.92 bits per heavy atom. The second-order valence-corrected chi connectivity index (χ2v) is 8.41. The molecule has 1 aromatic carbocycles. The third kappa shape index (κ3) is 6.62. The number of amides is 2. The molecule has 0 atom stereocenters. The Bertz CT molecular complexity index is 675. The SMILES string of the molecule is CS(=O)(=O)N(CCNC(=O)NC1CCCCC1)Cc1ccccc1F. The van der Waals surface area contributed by atoms with Crippen LogP contribution in [0.15, 0.2) is 24.3 Å². The molecule has 0 bridgehead atoms. The fourth-order valence-electron chi connectivity index (χ4n) is 2.96. The van der Waals surface area contributed by atoms with Gasteiger partial charge >= 0.3 is 6.03 Å². The minimum atomic E-state index is -3.51. The molecule has 25 heavy (non-hydrogen) atoms. The number of carbonyl (C=O) groups excluding carboxylic acids is 1. The molecule has 2 rings (SSSR count). The molecule has 140 valence electrons. The molecule has 0 saturated heterocycles. The molecule has 0 aromatic heterocycles. The van der Waals surface area contributed by atoms with Gasteiger partial charge in [0.15, 0.2) is 0 Å². The van der Waals surface area contributed by atoms with Gasteiger partial charge in [0, 0.05) is 31.2 Å². The summed E-state index contributed by atoms with van der Waals surface area (Å²) in [7, 11) is -3.51. The van der Waals surface area contributed by atoms with Gasteiger partial charge in [0.2, 0.25) is 10.0 Å². The molecule has 0 unspecified atom stereocenters. The van der Waals surface area contributed by atoms with Crippen molar-refractivity contribution in [2.24, 2.45) is 0 Å². The van der Waals surface area contributed by atoms with Crippen LogP contribution in [0.1, 0.15) is 37.7 Å². The minimum absolute atomic E-state index is 0.0581. The largest absolute Gasteiger partial charge is 0.337 e. The van der Waals surface area contributed by atoms with E-state index in [9.17, 15) is 17.6 Å². The molecule has 1 aliphatic carbocycles. The van der Waals surface area contributed by atoms with Gasteiger partial charge in [-0.2, -0.15) is 4.31 Å². The van der Waals surface area contributed by atoms with Crippen molar-refractivity contribution in [3.05, 3.63) is 35.6 Å². The first-order valence-electron chi connectivity index (χ1n) is 8.59. The lowest BCUT2D eigenvalue weighted by Crippen LogP contribution is -2.45. The maximum absolute atomic E-state index is 13.7. The van der Waals surface area contributed by atoms with E-state index in [4.69, 9.17) is 0 Å². The molecule has 1 aromatic rings. The first-order chi connectivity index (χ1) is 11.9. The van der Waals surface area contributed by atoms with Gasteiger partial charge in [-0.25, -0.2) is 17.6 Å². The third-order valence-electron chi connectivity index (χ3n) is 4.36. The van der Waals surface area contributed by atoms with Crippen LogP contribution in [0.3, 0.4) is 0 Å². The van der Waals surface area contributed by atoms with E-state index in [0.717, 1.165) is 36.2 Å². The minimum Gasteiger partial charge on any atom is -0.337 e. The van der Waals surface area contributed by atoms with Crippen molar-refractivity contribution in [1.29, 1.82) is 0 Å². The number of nitrogens with one attached hydrogen (secondary N) is 2. The maximum atomic E-state index is 13.7. The fourth-order valence-corrected chi connectivity index (χ4v) is 3.75. The van der Waals surface area contributed by atoms with E-state index in [0.29, 0.717) is 5.56 Å². The van der Waals surface area contributed by atoms with E-state index in [-0.39, 0.29) is 31.7 Å². The molecule has 1 saturated carbocycles. The topological polar surface area (TPSA) is 78.5 Å². The van der Waals surface area contributed by atoms with E-state index in [2.05, 4.69) is 10.6 Å². The number of rotatable bonds is 7. The average Bonchev–Trinajstić information content (AvgIpc) is 2.55. The van der Waals surface area contributed by atoms with Gasteiger partial charge in [-0.1, -0.05) is 37.5 Å². The van der Waals surface area contributed by atoms with Crippen molar-refractivity contribution in [2.75, 3.05) is 19.3 Å². The second kappa shape index (κ2) is 9.15. The third-order valence-corrected chi connectivity index (χ3v) is 5.61. The summed E-state index contributed by atoms with van der Waals surface area (Å²) < 4.78 is 38.7. The highest BCUT2D eigenvalue weighted by molar-refractivity contribution is 7.88. The number of nitrogens with zero attached hydrogens (tertiary/aromatic N) is 1. The zero-order valence-electron chi connectivity index (χ0n) is 14.5. The molecule has 6 nitrogen and oxygen atoms in total. The van der Waals surface area contributed by atoms with Gasteiger partial charge in [-0.05, 0) is 18.9 Å². The lowest BCUT2D eigenvalue weighted by atomic mass is 9.96. The van der Waals surface area contributed by atoms with Crippen LogP contribution in [0.4, 0.5) is 9.18 Å². The zero-order valence-corrected chi connectivity index (χ0v) is 15.3. The van der Waals surface area contributed by atoms with Crippen LogP contribution >= 0.6 is 0 Å². The second-order valence-electron chi connectivity index (χ2n) is 6.42. The van der Waals surface area contributed by atoms with E-state index in [1.54, 1.807) is 18.2 Å². The summed E-state index contributed by atoms with van der Waals surface area (Å²) in [6.07, 6.45) is 6.49. The molecule has 8 heteroatoms. The van der Waals surface area contributed by atoms with E-state index >= 15 is 0 Å². The van der Waals surface area contributed by atoms with Crippen LogP contribution in [0.25, 0.3) is 0 Å². The quantitative estimate of drug-likeness (QED) is 0.771. The first-order valence-corrected chi connectivity index (χ1v) is 10.4. The van der Waals surface area contributed by atoms with Crippen LogP contribution in [0.2, 0.25) is 0 Å². The summed E-state index contributed by atoms with van der Waals surface area (Å²) in [5.41, 5.74) is 0.305. The molecule has 0 aliphatic heterocycles. The molecule has 0 heterocycles. The monoisotopic (exact) mass is 371 g/mol. The Balaban J connectivity index is 1.84. The predicted molar refractivity (Wildman–Crippen MR) is 95.1 cm³/mol. The van der Waals surface area contributed by atoms with Crippen molar-refractivity contribution in [1.82, 2.24) is 14.9 Å². The van der Waals surface area contributed by atoms with Crippen molar-refractivity contribution in [3.63, 3.8) is 0 Å². The summed E-state index contributed by atoms with van der Waals surface area (Å²) >= 11 is 0. The molecule has 1 fully saturated rings. The Labute approximate surface area is 148 Å². The first kappa shape index (κ1) is 19.7. The van der Waals surface area contributed by atoms with Crippen LogP contribution in [-0.4, -0.2) is 44.1 Å². The standard InChI is InChI=1S/C17H26FN3O3S/c1-25(23,24)21(13-14-7-5-6-10-16(14)18)12-11-19-17(22)20-15-8-3-2-4-9-15/h5-7,10,15H,2-4,8-9,11-13H2,1H3,(H2,19,20,22). The van der Waals surface area contributed by atoms with Gasteiger partial charge in [-0.15, -0.1) is 0 Å². The van der Waals surface area contributed by atoms with Crippen molar-refractivity contribution in [3.8, 4) is 0 Å². The Hall–Kier alpha value is -1.67. The zero-order chi connectivity index (χ0) is 18.3. The fraction of sp³-hybridized carbons (Fsp3) is 0.588. The Kier molecular flexibility index (Phi) is 7.19. The highest BCUT2D eigenvalue weighted by atomic mass is 32.2. The smallest absolute Gasteiger partial charge is 0.315 e. The Morgan fingerprint density at radius 3 is 2.56 bits per heavy atom. The van der Waals surface area contributed by atoms with Gasteiger partial charge in [0.1, 0.15) is 5.82 Å². The van der Waals surface area contributed by atoms with E-state index in [1.807, 2.05) is 0 Å². The number of carbonyl (C=O) groups is 1. The lowest BCUT2D eigenvalue weighted by molar-refractivity contribution is 0.231. The number of benzene rings is 1. The maximum Gasteiger partial charge on any atom is 0.315 e. The van der Waals surface area contributed by atoms with Crippen LogP contribution in [-0.2, 0) is 16.6 Å². The van der Waals surface area contributed by atoms with Crippen molar-refractivity contribution in [2.45, 2.75) is 44.7 Å². The van der Waals surface area contributed by atoms with Gasteiger partial charge in [0.05, 0.1) is 6.26 Å². The number of hydrogen-bond acceptors (Lipinski definition) is 3. The van der Waals surface area contributed by atoms with Crippen LogP contribution in [0.5, 0.6) is 0 Å². The normalized spacial score (nSPS) is 16.0. The number of sulfonamides is 1. The molecule has 0 radical (unpaired) electrons. The number of urea groups is 1. The summed E-state index contributed by atoms with van der Waals surface area (Å²) in [4.78, 5) is 11.9. The number of halogens is 1. The van der Waals surface area contributed by atoms with Crippen molar-refractivity contribution >= 4 is 16.1 Å². The molecular weight excluding hydrogens is 345 g/mol. The van der Waals surface area contributed by atoms with Gasteiger partial charge in [0.25, 0.3) is 0 Å². The predicted octanol–water partition coefficient (Wildman–Crippen LogP) is 2.22. The van der Waals surface area contributed by atoms with E-state index < -0.39 is 15.8 Å². The Morgan fingerprint density at radius 1 is 1.24 bits per heavy atom. The summed E-state index contributed by atoms with van der Waals surface area (Å²) in [5.74, 6) is -0.445. The highest BCUT2D eigenvalue weighted by Gasteiger charge is 2.19. The summed E-state index contributed by atoms with van der Waals surface area (Å²) in [5, 5.41) is 5.60. The molecule has 2 N–H and O–H groups in total. The molecule has 2 amide bonds. The van der Waals surface area contributed by atoms with Crippen molar-refractivity contribution < 1.29 is 17.6 Å². The molecular formula is C17H26FN3O3S. The number of hydrogen-bond donors (Lipinski definition) is 2. The molecule has 0 spiro atoms. The average molecular weight is 371 g/mol. The summed E-state index contributed by atoms with van der Waals surface area (Å²) in [6, 6.07) is 5.97. The summed E-state index contributed by atoms with van der Waals surface area (Å²) in [6.45, 7) is 0.197. The lowest BCUT2D eigenvalue weighted by Gasteiger charge is -2.24. The van der Waals surface area contributed by atoms with Gasteiger partial charge < -0.3 is 10.6 Å². The molecule has 1 aliphatic rings. The highest BCUT2D eigenvalue weighted by Crippen LogP contribution is 2.17. The van der Waals surface area contributed by atoms with Crippen LogP contribution < -0.4 is 10.6 Å². The van der Waals surface area contributed by atoms with Crippen LogP contribution in [0, 0.1) is 5.82 Å².